The van der Waals surface area contributed by atoms with E-state index < -0.39 is 0 Å². The van der Waals surface area contributed by atoms with Gasteiger partial charge in [0, 0.05) is 12.8 Å². The Hall–Kier alpha value is -0.530. The molecule has 1 atom stereocenters. The van der Waals surface area contributed by atoms with Gasteiger partial charge in [-0.05, 0) is 6.42 Å². The van der Waals surface area contributed by atoms with E-state index in [9.17, 15) is 0 Å². The molecule has 0 amide bonds. The van der Waals surface area contributed by atoms with Crippen molar-refractivity contribution in [1.29, 1.82) is 0 Å². The van der Waals surface area contributed by atoms with Crippen LogP contribution in [0.5, 0.6) is 0 Å². The molecule has 0 saturated heterocycles. The highest BCUT2D eigenvalue weighted by molar-refractivity contribution is 5.74. The van der Waals surface area contributed by atoms with Crippen molar-refractivity contribution < 1.29 is 4.58 Å². The fraction of sp³-hybridized carbons (Fsp3) is 0.889. The zero-order valence-corrected chi connectivity index (χ0v) is 8.09. The highest BCUT2D eigenvalue weighted by Gasteiger charge is 2.24. The molecule has 1 aliphatic rings. The summed E-state index contributed by atoms with van der Waals surface area (Å²) in [6, 6.07) is 0. The van der Waals surface area contributed by atoms with Gasteiger partial charge in [0.2, 0.25) is 5.84 Å². The Kier molecular flexibility index (Phi) is 2.53. The Labute approximate surface area is 69.5 Å². The molecule has 1 aliphatic heterocycles. The quantitative estimate of drug-likeness (QED) is 0.512. The van der Waals surface area contributed by atoms with Crippen LogP contribution in [0.25, 0.3) is 0 Å². The van der Waals surface area contributed by atoms with Gasteiger partial charge in [-0.25, -0.2) is 0 Å². The summed E-state index contributed by atoms with van der Waals surface area (Å²) in [6.07, 6.45) is 1.29. The molecule has 1 rings (SSSR count). The molecule has 2 nitrogen and oxygen atoms in total. The molecule has 0 radical (unpaired) electrons. The molecule has 0 N–H and O–H groups in total. The Morgan fingerprint density at radius 2 is 2.27 bits per heavy atom. The van der Waals surface area contributed by atoms with Crippen LogP contribution in [0.15, 0.2) is 0 Å². The number of rotatable bonds is 1. The van der Waals surface area contributed by atoms with E-state index in [0.29, 0.717) is 0 Å². The van der Waals surface area contributed by atoms with Crippen molar-refractivity contribution in [2.45, 2.75) is 20.3 Å². The molecule has 0 aromatic carbocycles. The van der Waals surface area contributed by atoms with Crippen molar-refractivity contribution in [3.8, 4) is 0 Å². The molecule has 11 heavy (non-hydrogen) atoms. The van der Waals surface area contributed by atoms with Gasteiger partial charge in [0.15, 0.2) is 0 Å². The summed E-state index contributed by atoms with van der Waals surface area (Å²) in [7, 11) is 4.35. The molecule has 64 valence electrons. The monoisotopic (exact) mass is 155 g/mol. The third kappa shape index (κ3) is 1.73. The van der Waals surface area contributed by atoms with Gasteiger partial charge in [-0.3, -0.25) is 9.48 Å². The third-order valence-corrected chi connectivity index (χ3v) is 2.75. The van der Waals surface area contributed by atoms with Crippen molar-refractivity contribution in [2.75, 3.05) is 27.2 Å². The van der Waals surface area contributed by atoms with Crippen LogP contribution in [0.3, 0.4) is 0 Å². The van der Waals surface area contributed by atoms with Gasteiger partial charge in [-0.15, -0.1) is 0 Å². The minimum absolute atomic E-state index is 0.855. The maximum Gasteiger partial charge on any atom is 0.243 e. The van der Waals surface area contributed by atoms with Crippen molar-refractivity contribution >= 4 is 5.84 Å². The van der Waals surface area contributed by atoms with Crippen molar-refractivity contribution in [3.63, 3.8) is 0 Å². The first-order chi connectivity index (χ1) is 5.15. The summed E-state index contributed by atoms with van der Waals surface area (Å²) in [5.41, 5.74) is 0. The number of nitrogens with zero attached hydrogens (tertiary/aromatic N) is 2. The largest absolute Gasteiger partial charge is 0.268 e. The maximum atomic E-state index is 2.34. The molecule has 0 aromatic rings. The predicted octanol–water partition coefficient (Wildman–Crippen LogP) is 1.02. The summed E-state index contributed by atoms with van der Waals surface area (Å²) in [4.78, 5) is 2.34. The van der Waals surface area contributed by atoms with Crippen molar-refractivity contribution in [1.82, 2.24) is 4.90 Å². The Balaban J connectivity index is 2.68. The highest BCUT2D eigenvalue weighted by Crippen LogP contribution is 2.09. The van der Waals surface area contributed by atoms with Gasteiger partial charge in [-0.1, -0.05) is 6.92 Å². The van der Waals surface area contributed by atoms with Crippen LogP contribution in [0.4, 0.5) is 0 Å². The maximum absolute atomic E-state index is 2.34. The summed E-state index contributed by atoms with van der Waals surface area (Å²) in [5, 5.41) is 0. The molecular formula is C9H19N2+. The van der Waals surface area contributed by atoms with E-state index in [1.807, 2.05) is 0 Å². The van der Waals surface area contributed by atoms with E-state index in [0.717, 1.165) is 5.92 Å². The van der Waals surface area contributed by atoms with Gasteiger partial charge >= 0.3 is 0 Å². The Morgan fingerprint density at radius 1 is 1.64 bits per heavy atom. The summed E-state index contributed by atoms with van der Waals surface area (Å²) in [6.45, 7) is 6.91. The van der Waals surface area contributed by atoms with Gasteiger partial charge in [-0.2, -0.15) is 0 Å². The third-order valence-electron chi connectivity index (χ3n) is 2.75. The molecule has 2 heteroatoms. The van der Waals surface area contributed by atoms with Crippen LogP contribution < -0.4 is 0 Å². The zero-order chi connectivity index (χ0) is 8.43. The van der Waals surface area contributed by atoms with Crippen LogP contribution in [0, 0.1) is 5.92 Å². The molecule has 0 spiro atoms. The van der Waals surface area contributed by atoms with Gasteiger partial charge in [0.25, 0.3) is 0 Å². The van der Waals surface area contributed by atoms with Gasteiger partial charge in [0.1, 0.15) is 0 Å². The van der Waals surface area contributed by atoms with Crippen LogP contribution in [0.2, 0.25) is 0 Å². The topological polar surface area (TPSA) is 6.25 Å². The van der Waals surface area contributed by atoms with Crippen LogP contribution in [0.1, 0.15) is 20.3 Å². The van der Waals surface area contributed by atoms with E-state index in [1.165, 1.54) is 25.3 Å². The standard InChI is InChI=1S/C9H19N2/c1-5-9-6-10(3)8(2)11(4)7-9/h9H,5-7H2,1-4H3/q+1. The summed E-state index contributed by atoms with van der Waals surface area (Å²) < 4.78 is 2.34. The second-order valence-electron chi connectivity index (χ2n) is 3.58. The first kappa shape index (κ1) is 8.57. The lowest BCUT2D eigenvalue weighted by Gasteiger charge is -2.26. The normalized spacial score (nSPS) is 26.2. The minimum Gasteiger partial charge on any atom is -0.268 e. The van der Waals surface area contributed by atoms with Crippen LogP contribution in [-0.4, -0.2) is 42.5 Å². The van der Waals surface area contributed by atoms with E-state index in [2.05, 4.69) is 37.4 Å². The second-order valence-corrected chi connectivity index (χ2v) is 3.58. The molecule has 1 unspecified atom stereocenters. The van der Waals surface area contributed by atoms with E-state index in [4.69, 9.17) is 0 Å². The van der Waals surface area contributed by atoms with Gasteiger partial charge in [0.05, 0.1) is 27.2 Å². The van der Waals surface area contributed by atoms with E-state index in [-0.39, 0.29) is 0 Å². The van der Waals surface area contributed by atoms with Crippen molar-refractivity contribution in [2.24, 2.45) is 5.92 Å². The highest BCUT2D eigenvalue weighted by atomic mass is 15.2. The summed E-state index contributed by atoms with van der Waals surface area (Å²) in [5.74, 6) is 2.25. The number of hydrogen-bond acceptors (Lipinski definition) is 1. The fourth-order valence-corrected chi connectivity index (χ4v) is 1.65. The van der Waals surface area contributed by atoms with Crippen LogP contribution >= 0.6 is 0 Å². The average molecular weight is 155 g/mol. The van der Waals surface area contributed by atoms with Gasteiger partial charge < -0.3 is 0 Å². The number of hydrogen-bond donors (Lipinski definition) is 0. The average Bonchev–Trinajstić information content (AvgIpc) is 1.99. The SMILES string of the molecule is CCC1CN(C)C(C)=[N+](C)C1. The number of amidine groups is 1. The Morgan fingerprint density at radius 3 is 2.73 bits per heavy atom. The Bertz CT molecular complexity index is 172. The first-order valence-electron chi connectivity index (χ1n) is 4.41. The summed E-state index contributed by atoms with van der Waals surface area (Å²) >= 11 is 0. The lowest BCUT2D eigenvalue weighted by Crippen LogP contribution is -2.43. The molecule has 0 aliphatic carbocycles. The first-order valence-corrected chi connectivity index (χ1v) is 4.41. The van der Waals surface area contributed by atoms with E-state index >= 15 is 0 Å². The van der Waals surface area contributed by atoms with E-state index in [1.54, 1.807) is 0 Å². The molecule has 0 aromatic heterocycles. The van der Waals surface area contributed by atoms with Crippen molar-refractivity contribution in [3.05, 3.63) is 0 Å². The lowest BCUT2D eigenvalue weighted by molar-refractivity contribution is -0.517. The minimum atomic E-state index is 0.855. The lowest BCUT2D eigenvalue weighted by atomic mass is 10.0. The zero-order valence-electron chi connectivity index (χ0n) is 8.09. The second kappa shape index (κ2) is 3.24. The smallest absolute Gasteiger partial charge is 0.243 e. The predicted molar refractivity (Wildman–Crippen MR) is 48.1 cm³/mol. The molecule has 1 heterocycles. The fourth-order valence-electron chi connectivity index (χ4n) is 1.65. The van der Waals surface area contributed by atoms with Crippen LogP contribution in [-0.2, 0) is 0 Å². The molecule has 0 bridgehead atoms. The molecule has 0 saturated carbocycles. The molecule has 0 fully saturated rings. The molecular weight excluding hydrogens is 136 g/mol.